The molecule has 0 fully saturated rings. The third kappa shape index (κ3) is 5.82. The number of benzene rings is 2. The van der Waals surface area contributed by atoms with Gasteiger partial charge in [-0.15, -0.1) is 11.3 Å². The van der Waals surface area contributed by atoms with Crippen molar-refractivity contribution < 1.29 is 14.3 Å². The number of anilines is 1. The fourth-order valence-electron chi connectivity index (χ4n) is 3.32. The Morgan fingerprint density at radius 1 is 1.03 bits per heavy atom. The Morgan fingerprint density at radius 3 is 2.32 bits per heavy atom. The second kappa shape index (κ2) is 10.4. The van der Waals surface area contributed by atoms with E-state index >= 15 is 0 Å². The highest BCUT2D eigenvalue weighted by molar-refractivity contribution is 7.15. The predicted molar refractivity (Wildman–Crippen MR) is 128 cm³/mol. The Kier molecular flexibility index (Phi) is 7.64. The molecule has 1 N–H and O–H groups in total. The lowest BCUT2D eigenvalue weighted by atomic mass is 10.0. The van der Waals surface area contributed by atoms with Crippen LogP contribution >= 0.6 is 11.3 Å². The van der Waals surface area contributed by atoms with E-state index in [1.54, 1.807) is 6.92 Å². The van der Waals surface area contributed by atoms with E-state index in [9.17, 15) is 9.59 Å². The second-order valence-electron chi connectivity index (χ2n) is 7.88. The minimum atomic E-state index is -0.418. The Labute approximate surface area is 188 Å². The number of hydrogen-bond donors (Lipinski definition) is 1. The molecule has 0 bridgehead atoms. The van der Waals surface area contributed by atoms with Crippen LogP contribution in [0.1, 0.15) is 60.2 Å². The van der Waals surface area contributed by atoms with E-state index in [1.807, 2.05) is 36.6 Å². The summed E-state index contributed by atoms with van der Waals surface area (Å²) in [4.78, 5) is 25.3. The zero-order valence-electron chi connectivity index (χ0n) is 18.5. The molecule has 3 aromatic rings. The van der Waals surface area contributed by atoms with Crippen molar-refractivity contribution in [3.8, 4) is 11.1 Å². The van der Waals surface area contributed by atoms with Crippen LogP contribution < -0.4 is 5.32 Å². The van der Waals surface area contributed by atoms with E-state index in [1.165, 1.54) is 16.9 Å². The maximum absolute atomic E-state index is 12.7. The van der Waals surface area contributed by atoms with Crippen LogP contribution in [0, 0.1) is 6.92 Å². The summed E-state index contributed by atoms with van der Waals surface area (Å²) in [5.74, 6) is -0.0464. The van der Waals surface area contributed by atoms with Crippen molar-refractivity contribution >= 4 is 28.2 Å². The lowest BCUT2D eigenvalue weighted by Crippen LogP contribution is -2.15. The quantitative estimate of drug-likeness (QED) is 0.406. The van der Waals surface area contributed by atoms with Crippen LogP contribution in [0.2, 0.25) is 0 Å². The largest absolute Gasteiger partial charge is 0.462 e. The van der Waals surface area contributed by atoms with Crippen molar-refractivity contribution in [2.24, 2.45) is 0 Å². The van der Waals surface area contributed by atoms with E-state index < -0.39 is 5.97 Å². The first kappa shape index (κ1) is 22.8. The van der Waals surface area contributed by atoms with Gasteiger partial charge < -0.3 is 10.1 Å². The standard InChI is InChI=1S/C26H29NO3S/c1-5-30-26(29)24-22(21-11-6-18(4)7-12-21)16-31-25(24)27-23(28)15-10-19-8-13-20(14-9-19)17(2)3/h6-9,11-14,16-17H,5,10,15H2,1-4H3,(H,27,28). The summed E-state index contributed by atoms with van der Waals surface area (Å²) in [6.07, 6.45) is 0.996. The number of nitrogens with one attached hydrogen (secondary N) is 1. The van der Waals surface area contributed by atoms with E-state index in [0.29, 0.717) is 29.3 Å². The van der Waals surface area contributed by atoms with Crippen LogP contribution in [-0.2, 0) is 16.0 Å². The van der Waals surface area contributed by atoms with Gasteiger partial charge in [-0.2, -0.15) is 0 Å². The third-order valence-corrected chi connectivity index (χ3v) is 6.07. The lowest BCUT2D eigenvalue weighted by molar-refractivity contribution is -0.116. The number of rotatable bonds is 8. The van der Waals surface area contributed by atoms with E-state index in [-0.39, 0.29) is 12.5 Å². The van der Waals surface area contributed by atoms with Gasteiger partial charge in [-0.05, 0) is 42.9 Å². The molecule has 0 aliphatic rings. The van der Waals surface area contributed by atoms with Crippen molar-refractivity contribution in [2.75, 3.05) is 11.9 Å². The van der Waals surface area contributed by atoms with Crippen molar-refractivity contribution in [3.63, 3.8) is 0 Å². The smallest absolute Gasteiger partial charge is 0.341 e. The normalized spacial score (nSPS) is 10.9. The summed E-state index contributed by atoms with van der Waals surface area (Å²) in [7, 11) is 0. The van der Waals surface area contributed by atoms with Gasteiger partial charge in [0.25, 0.3) is 0 Å². The molecule has 0 atom stereocenters. The van der Waals surface area contributed by atoms with Crippen LogP contribution in [0.4, 0.5) is 5.00 Å². The van der Waals surface area contributed by atoms with E-state index in [0.717, 1.165) is 22.3 Å². The molecule has 0 radical (unpaired) electrons. The average Bonchev–Trinajstić information content (AvgIpc) is 3.16. The summed E-state index contributed by atoms with van der Waals surface area (Å²) in [6, 6.07) is 16.4. The highest BCUT2D eigenvalue weighted by Crippen LogP contribution is 2.36. The lowest BCUT2D eigenvalue weighted by Gasteiger charge is -2.10. The van der Waals surface area contributed by atoms with Crippen LogP contribution in [-0.4, -0.2) is 18.5 Å². The van der Waals surface area contributed by atoms with Gasteiger partial charge >= 0.3 is 5.97 Å². The zero-order chi connectivity index (χ0) is 22.4. The van der Waals surface area contributed by atoms with Crippen molar-refractivity contribution in [3.05, 3.63) is 76.2 Å². The molecule has 1 amide bonds. The molecule has 31 heavy (non-hydrogen) atoms. The monoisotopic (exact) mass is 435 g/mol. The third-order valence-electron chi connectivity index (χ3n) is 5.17. The van der Waals surface area contributed by atoms with Gasteiger partial charge in [0, 0.05) is 17.4 Å². The fourth-order valence-corrected chi connectivity index (χ4v) is 4.29. The molecule has 0 saturated carbocycles. The van der Waals surface area contributed by atoms with Gasteiger partial charge in [0.05, 0.1) is 6.61 Å². The van der Waals surface area contributed by atoms with Crippen LogP contribution in [0.25, 0.3) is 11.1 Å². The highest BCUT2D eigenvalue weighted by atomic mass is 32.1. The molecule has 3 rings (SSSR count). The van der Waals surface area contributed by atoms with Crippen molar-refractivity contribution in [1.29, 1.82) is 0 Å². The number of aryl methyl sites for hydroxylation is 2. The van der Waals surface area contributed by atoms with Gasteiger partial charge in [0.2, 0.25) is 5.91 Å². The summed E-state index contributed by atoms with van der Waals surface area (Å²) in [6.45, 7) is 8.40. The second-order valence-corrected chi connectivity index (χ2v) is 8.76. The molecule has 162 valence electrons. The first-order valence-electron chi connectivity index (χ1n) is 10.6. The predicted octanol–water partition coefficient (Wildman–Crippen LogP) is 6.59. The molecular weight excluding hydrogens is 406 g/mol. The molecule has 5 heteroatoms. The zero-order valence-corrected chi connectivity index (χ0v) is 19.3. The number of thiophene rings is 1. The maximum Gasteiger partial charge on any atom is 0.341 e. The van der Waals surface area contributed by atoms with Gasteiger partial charge in [0.15, 0.2) is 0 Å². The molecule has 4 nitrogen and oxygen atoms in total. The molecule has 0 saturated heterocycles. The molecule has 2 aromatic carbocycles. The number of amides is 1. The van der Waals surface area contributed by atoms with Crippen LogP contribution in [0.15, 0.2) is 53.9 Å². The van der Waals surface area contributed by atoms with Crippen LogP contribution in [0.3, 0.4) is 0 Å². The summed E-state index contributed by atoms with van der Waals surface area (Å²) in [5, 5.41) is 5.37. The SMILES string of the molecule is CCOC(=O)c1c(-c2ccc(C)cc2)csc1NC(=O)CCc1ccc(C(C)C)cc1. The summed E-state index contributed by atoms with van der Waals surface area (Å²) in [5.41, 5.74) is 5.68. The molecule has 1 heterocycles. The van der Waals surface area contributed by atoms with Crippen molar-refractivity contribution in [2.45, 2.75) is 46.5 Å². The van der Waals surface area contributed by atoms with Gasteiger partial charge in [-0.1, -0.05) is 67.9 Å². The van der Waals surface area contributed by atoms with E-state index in [2.05, 4.69) is 43.4 Å². The van der Waals surface area contributed by atoms with Gasteiger partial charge in [0.1, 0.15) is 10.6 Å². The first-order valence-corrected chi connectivity index (χ1v) is 11.5. The van der Waals surface area contributed by atoms with Gasteiger partial charge in [-0.25, -0.2) is 4.79 Å². The molecule has 0 spiro atoms. The number of hydrogen-bond acceptors (Lipinski definition) is 4. The number of ether oxygens (including phenoxy) is 1. The molecule has 1 aromatic heterocycles. The minimum absolute atomic E-state index is 0.115. The Morgan fingerprint density at radius 2 is 1.71 bits per heavy atom. The molecule has 0 aliphatic carbocycles. The Balaban J connectivity index is 1.74. The molecule has 0 unspecified atom stereocenters. The molecular formula is C26H29NO3S. The number of carbonyl (C=O) groups excluding carboxylic acids is 2. The summed E-state index contributed by atoms with van der Waals surface area (Å²) >= 11 is 1.35. The maximum atomic E-state index is 12.7. The number of esters is 1. The Bertz CT molecular complexity index is 1030. The Hall–Kier alpha value is -2.92. The van der Waals surface area contributed by atoms with E-state index in [4.69, 9.17) is 4.74 Å². The van der Waals surface area contributed by atoms with Crippen molar-refractivity contribution in [1.82, 2.24) is 0 Å². The van der Waals surface area contributed by atoms with Crippen LogP contribution in [0.5, 0.6) is 0 Å². The minimum Gasteiger partial charge on any atom is -0.462 e. The summed E-state index contributed by atoms with van der Waals surface area (Å²) < 4.78 is 5.27. The first-order chi connectivity index (χ1) is 14.9. The highest BCUT2D eigenvalue weighted by Gasteiger charge is 2.22. The molecule has 0 aliphatic heterocycles. The fraction of sp³-hybridized carbons (Fsp3) is 0.308. The van der Waals surface area contributed by atoms with Gasteiger partial charge in [-0.3, -0.25) is 4.79 Å². The average molecular weight is 436 g/mol. The number of carbonyl (C=O) groups is 2. The topological polar surface area (TPSA) is 55.4 Å².